The van der Waals surface area contributed by atoms with Gasteiger partial charge in [0.2, 0.25) is 6.29 Å². The van der Waals surface area contributed by atoms with Crippen LogP contribution in [0.25, 0.3) is 0 Å². The van der Waals surface area contributed by atoms with Crippen LogP contribution in [0.1, 0.15) is 23.7 Å². The quantitative estimate of drug-likeness (QED) is 0.688. The fraction of sp³-hybridized carbons (Fsp3) is 0.300. The molecule has 1 aromatic rings. The van der Waals surface area contributed by atoms with Crippen molar-refractivity contribution in [3.05, 3.63) is 23.8 Å². The van der Waals surface area contributed by atoms with Crippen LogP contribution in [-0.4, -0.2) is 12.3 Å². The lowest BCUT2D eigenvalue weighted by Crippen LogP contribution is -2.23. The van der Waals surface area contributed by atoms with Gasteiger partial charge in [0, 0.05) is 12.0 Å². The van der Waals surface area contributed by atoms with Crippen molar-refractivity contribution in [1.29, 1.82) is 0 Å². The van der Waals surface area contributed by atoms with Gasteiger partial charge >= 0.3 is 0 Å². The van der Waals surface area contributed by atoms with Crippen molar-refractivity contribution in [3.8, 4) is 11.5 Å². The zero-order valence-corrected chi connectivity index (χ0v) is 7.65. The Morgan fingerprint density at radius 2 is 2.29 bits per heavy atom. The summed E-state index contributed by atoms with van der Waals surface area (Å²) in [5.74, 6) is -0.500. The van der Waals surface area contributed by atoms with Crippen molar-refractivity contribution in [1.82, 2.24) is 0 Å². The van der Waals surface area contributed by atoms with Crippen LogP contribution in [0.4, 0.5) is 0 Å². The fourth-order valence-electron chi connectivity index (χ4n) is 1.35. The molecule has 1 aliphatic rings. The minimum atomic E-state index is -1.25. The number of carbonyl (C=O) groups excluding carboxylic acids is 1. The molecule has 1 heterocycles. The molecular weight excluding hydrogens is 184 g/mol. The van der Waals surface area contributed by atoms with Crippen LogP contribution < -0.4 is 14.6 Å². The van der Waals surface area contributed by atoms with E-state index in [4.69, 9.17) is 9.47 Å². The summed E-state index contributed by atoms with van der Waals surface area (Å²) in [6.07, 6.45) is 0.284. The van der Waals surface area contributed by atoms with Crippen molar-refractivity contribution >= 4 is 5.97 Å². The molecule has 0 fully saturated rings. The molecular formula is C10H9O4-. The summed E-state index contributed by atoms with van der Waals surface area (Å²) in [4.78, 5) is 10.7. The molecule has 0 spiro atoms. The molecule has 0 radical (unpaired) electrons. The number of carboxylic acids is 1. The smallest absolute Gasteiger partial charge is 0.241 e. The Hall–Kier alpha value is -1.71. The maximum absolute atomic E-state index is 10.7. The van der Waals surface area contributed by atoms with E-state index in [-0.39, 0.29) is 17.6 Å². The predicted octanol–water partition coefficient (Wildman–Crippen LogP) is 0.557. The first kappa shape index (κ1) is 8.87. The highest BCUT2D eigenvalue weighted by atomic mass is 16.7. The molecule has 0 aliphatic carbocycles. The normalized spacial score (nSPS) is 18.2. The average Bonchev–Trinajstić information content (AvgIpc) is 2.59. The monoisotopic (exact) mass is 193 g/mol. The number of para-hydroxylation sites is 1. The first-order valence-electron chi connectivity index (χ1n) is 4.40. The number of fused-ring (bicyclic) bond motifs is 1. The number of carbonyl (C=O) groups is 1. The van der Waals surface area contributed by atoms with Gasteiger partial charge in [0.05, 0.1) is 5.97 Å². The third kappa shape index (κ3) is 1.28. The summed E-state index contributed by atoms with van der Waals surface area (Å²) in [6.45, 7) is 1.90. The van der Waals surface area contributed by atoms with Gasteiger partial charge in [-0.2, -0.15) is 0 Å². The van der Waals surface area contributed by atoms with Crippen molar-refractivity contribution < 1.29 is 19.4 Å². The van der Waals surface area contributed by atoms with Crippen LogP contribution in [0.15, 0.2) is 18.2 Å². The highest BCUT2D eigenvalue weighted by molar-refractivity contribution is 5.90. The molecule has 0 saturated heterocycles. The summed E-state index contributed by atoms with van der Waals surface area (Å²) < 4.78 is 10.6. The van der Waals surface area contributed by atoms with Gasteiger partial charge in [0.25, 0.3) is 0 Å². The van der Waals surface area contributed by atoms with E-state index in [1.54, 1.807) is 12.1 Å². The van der Waals surface area contributed by atoms with E-state index in [2.05, 4.69) is 0 Å². The summed E-state index contributed by atoms with van der Waals surface area (Å²) in [6, 6.07) is 4.72. The van der Waals surface area contributed by atoms with E-state index in [0.29, 0.717) is 12.2 Å². The topological polar surface area (TPSA) is 58.6 Å². The lowest BCUT2D eigenvalue weighted by molar-refractivity contribution is -0.255. The molecule has 0 amide bonds. The van der Waals surface area contributed by atoms with Crippen molar-refractivity contribution in [2.45, 2.75) is 19.6 Å². The van der Waals surface area contributed by atoms with E-state index in [0.717, 1.165) is 0 Å². The molecule has 0 bridgehead atoms. The minimum absolute atomic E-state index is 0.0402. The van der Waals surface area contributed by atoms with Gasteiger partial charge in [0.1, 0.15) is 0 Å². The summed E-state index contributed by atoms with van der Waals surface area (Å²) in [5, 5.41) is 10.7. The Bertz CT molecular complexity index is 372. The second kappa shape index (κ2) is 3.21. The molecule has 4 nitrogen and oxygen atoms in total. The molecule has 1 aromatic carbocycles. The van der Waals surface area contributed by atoms with E-state index in [1.165, 1.54) is 6.07 Å². The van der Waals surface area contributed by atoms with Crippen LogP contribution in [0.5, 0.6) is 11.5 Å². The summed E-state index contributed by atoms with van der Waals surface area (Å²) in [5.41, 5.74) is 0.0402. The van der Waals surface area contributed by atoms with Crippen molar-refractivity contribution in [2.24, 2.45) is 0 Å². The zero-order chi connectivity index (χ0) is 10.1. The lowest BCUT2D eigenvalue weighted by Gasteiger charge is -2.07. The summed E-state index contributed by atoms with van der Waals surface area (Å²) >= 11 is 0. The predicted molar refractivity (Wildman–Crippen MR) is 46.1 cm³/mol. The molecule has 0 aromatic heterocycles. The third-order valence-electron chi connectivity index (χ3n) is 2.04. The largest absolute Gasteiger partial charge is 0.545 e. The molecule has 0 N–H and O–H groups in total. The van der Waals surface area contributed by atoms with Crippen molar-refractivity contribution in [3.63, 3.8) is 0 Å². The SMILES string of the molecule is CCC1Oc2cccc(C(=O)[O-])c2O1. The van der Waals surface area contributed by atoms with Gasteiger partial charge in [0.15, 0.2) is 11.5 Å². The highest BCUT2D eigenvalue weighted by Crippen LogP contribution is 2.38. The Morgan fingerprint density at radius 1 is 1.50 bits per heavy atom. The van der Waals surface area contributed by atoms with Gasteiger partial charge in [-0.3, -0.25) is 0 Å². The Morgan fingerprint density at radius 3 is 2.93 bits per heavy atom. The van der Waals surface area contributed by atoms with E-state index in [1.807, 2.05) is 6.92 Å². The number of benzene rings is 1. The first-order chi connectivity index (χ1) is 6.72. The molecule has 1 aliphatic heterocycles. The maximum atomic E-state index is 10.7. The number of hydrogen-bond acceptors (Lipinski definition) is 4. The van der Waals surface area contributed by atoms with Gasteiger partial charge in [-0.15, -0.1) is 0 Å². The lowest BCUT2D eigenvalue weighted by atomic mass is 10.2. The second-order valence-corrected chi connectivity index (χ2v) is 2.99. The molecule has 2 rings (SSSR count). The maximum Gasteiger partial charge on any atom is 0.241 e. The van der Waals surface area contributed by atoms with Crippen LogP contribution in [0.2, 0.25) is 0 Å². The van der Waals surface area contributed by atoms with E-state index >= 15 is 0 Å². The zero-order valence-electron chi connectivity index (χ0n) is 7.65. The summed E-state index contributed by atoms with van der Waals surface area (Å²) in [7, 11) is 0. The first-order valence-corrected chi connectivity index (χ1v) is 4.40. The van der Waals surface area contributed by atoms with Crippen LogP contribution in [0.3, 0.4) is 0 Å². The van der Waals surface area contributed by atoms with Crippen LogP contribution >= 0.6 is 0 Å². The Labute approximate surface area is 81.1 Å². The average molecular weight is 193 g/mol. The van der Waals surface area contributed by atoms with Gasteiger partial charge in [-0.1, -0.05) is 13.0 Å². The number of ether oxygens (including phenoxy) is 2. The van der Waals surface area contributed by atoms with Crippen LogP contribution in [0, 0.1) is 0 Å². The van der Waals surface area contributed by atoms with Crippen molar-refractivity contribution in [2.75, 3.05) is 0 Å². The highest BCUT2D eigenvalue weighted by Gasteiger charge is 2.25. The Balaban J connectivity index is 2.41. The number of carboxylic acid groups (broad SMARTS) is 1. The van der Waals surface area contributed by atoms with Gasteiger partial charge in [-0.25, -0.2) is 0 Å². The van der Waals surface area contributed by atoms with E-state index < -0.39 is 5.97 Å². The molecule has 1 atom stereocenters. The molecule has 14 heavy (non-hydrogen) atoms. The minimum Gasteiger partial charge on any atom is -0.545 e. The number of aromatic carboxylic acids is 1. The number of hydrogen-bond donors (Lipinski definition) is 0. The fourth-order valence-corrected chi connectivity index (χ4v) is 1.35. The number of rotatable bonds is 2. The Kier molecular flexibility index (Phi) is 2.04. The third-order valence-corrected chi connectivity index (χ3v) is 2.04. The molecule has 4 heteroatoms. The van der Waals surface area contributed by atoms with E-state index in [9.17, 15) is 9.90 Å². The van der Waals surface area contributed by atoms with Gasteiger partial charge < -0.3 is 19.4 Å². The second-order valence-electron chi connectivity index (χ2n) is 2.99. The standard InChI is InChI=1S/C10H10O4/c1-2-8-13-7-5-3-4-6(10(11)12)9(7)14-8/h3-5,8H,2H2,1H3,(H,11,12)/p-1. The molecule has 1 unspecified atom stereocenters. The van der Waals surface area contributed by atoms with Gasteiger partial charge in [-0.05, 0) is 12.1 Å². The molecule has 74 valence electrons. The molecule has 0 saturated carbocycles. The van der Waals surface area contributed by atoms with Crippen LogP contribution in [-0.2, 0) is 0 Å².